The molecule has 0 fully saturated rings. The minimum atomic E-state index is 0.664. The van der Waals surface area contributed by atoms with Crippen molar-refractivity contribution in [1.29, 1.82) is 0 Å². The van der Waals surface area contributed by atoms with Crippen LogP contribution < -0.4 is 0 Å². The number of ether oxygens (including phenoxy) is 1. The van der Waals surface area contributed by atoms with E-state index >= 15 is 0 Å². The van der Waals surface area contributed by atoms with E-state index in [1.807, 2.05) is 26.2 Å². The van der Waals surface area contributed by atoms with Crippen LogP contribution >= 0.6 is 11.8 Å². The maximum atomic E-state index is 5.08. The first kappa shape index (κ1) is 11.0. The predicted molar refractivity (Wildman–Crippen MR) is 59.2 cm³/mol. The lowest BCUT2D eigenvalue weighted by Crippen LogP contribution is -1.92. The van der Waals surface area contributed by atoms with Crippen molar-refractivity contribution < 1.29 is 4.74 Å². The summed E-state index contributed by atoms with van der Waals surface area (Å²) < 4.78 is 5.08. The summed E-state index contributed by atoms with van der Waals surface area (Å²) >= 11 is 1.61. The number of rotatable bonds is 4. The zero-order chi connectivity index (χ0) is 10.4. The van der Waals surface area contributed by atoms with Crippen LogP contribution in [0.2, 0.25) is 0 Å². The number of aryl methyl sites for hydroxylation is 1. The Bertz CT molecular complexity index is 326. The third kappa shape index (κ3) is 3.38. The van der Waals surface area contributed by atoms with E-state index in [9.17, 15) is 0 Å². The summed E-state index contributed by atoms with van der Waals surface area (Å²) in [6.45, 7) is 4.56. The molecule has 0 bridgehead atoms. The number of thioether (sulfide) groups is 1. The van der Waals surface area contributed by atoms with Gasteiger partial charge >= 0.3 is 0 Å². The van der Waals surface area contributed by atoms with Crippen LogP contribution in [0, 0.1) is 6.92 Å². The molecule has 0 aliphatic rings. The van der Waals surface area contributed by atoms with Gasteiger partial charge in [0.1, 0.15) is 5.03 Å². The van der Waals surface area contributed by atoms with Crippen molar-refractivity contribution in [2.45, 2.75) is 18.9 Å². The van der Waals surface area contributed by atoms with Crippen LogP contribution in [0.4, 0.5) is 0 Å². The zero-order valence-electron chi connectivity index (χ0n) is 8.65. The van der Waals surface area contributed by atoms with Gasteiger partial charge in [-0.25, -0.2) is 9.97 Å². The second-order valence-electron chi connectivity index (χ2n) is 2.67. The van der Waals surface area contributed by atoms with Gasteiger partial charge in [0.25, 0.3) is 0 Å². The Morgan fingerprint density at radius 1 is 1.50 bits per heavy atom. The molecule has 1 aromatic heterocycles. The monoisotopic (exact) mass is 210 g/mol. The second-order valence-corrected chi connectivity index (χ2v) is 3.49. The highest BCUT2D eigenvalue weighted by molar-refractivity contribution is 7.98. The van der Waals surface area contributed by atoms with Crippen LogP contribution in [0.3, 0.4) is 0 Å². The van der Waals surface area contributed by atoms with Gasteiger partial charge in [-0.05, 0) is 26.2 Å². The van der Waals surface area contributed by atoms with E-state index in [-0.39, 0.29) is 0 Å². The summed E-state index contributed by atoms with van der Waals surface area (Å²) in [5, 5.41) is 0.980. The Hall–Kier alpha value is -1.03. The minimum absolute atomic E-state index is 0.664. The van der Waals surface area contributed by atoms with E-state index in [1.54, 1.807) is 24.1 Å². The molecule has 0 spiro atoms. The maximum Gasteiger partial charge on any atom is 0.156 e. The van der Waals surface area contributed by atoms with Crippen molar-refractivity contribution >= 4 is 17.8 Å². The molecule has 0 aliphatic heterocycles. The minimum Gasteiger partial charge on any atom is -0.501 e. The molecule has 0 saturated carbocycles. The molecule has 3 nitrogen and oxygen atoms in total. The van der Waals surface area contributed by atoms with Crippen LogP contribution in [0.25, 0.3) is 6.08 Å². The molecule has 0 saturated heterocycles. The summed E-state index contributed by atoms with van der Waals surface area (Å²) in [4.78, 5) is 8.57. The molecular formula is C10H14N2OS. The molecule has 1 rings (SSSR count). The molecule has 0 atom stereocenters. The Morgan fingerprint density at radius 3 is 2.93 bits per heavy atom. The van der Waals surface area contributed by atoms with Gasteiger partial charge in [-0.1, -0.05) is 0 Å². The summed E-state index contributed by atoms with van der Waals surface area (Å²) in [5.74, 6) is 0.697. The van der Waals surface area contributed by atoms with Crippen molar-refractivity contribution in [1.82, 2.24) is 9.97 Å². The fourth-order valence-electron chi connectivity index (χ4n) is 0.946. The van der Waals surface area contributed by atoms with Crippen molar-refractivity contribution in [2.75, 3.05) is 12.9 Å². The number of aromatic nitrogens is 2. The average Bonchev–Trinajstić information content (AvgIpc) is 2.17. The lowest BCUT2D eigenvalue weighted by molar-refractivity contribution is 0.272. The second kappa shape index (κ2) is 5.65. The van der Waals surface area contributed by atoms with E-state index in [2.05, 4.69) is 9.97 Å². The van der Waals surface area contributed by atoms with Gasteiger partial charge in [0, 0.05) is 11.8 Å². The normalized spacial score (nSPS) is 10.8. The van der Waals surface area contributed by atoms with Crippen LogP contribution in [-0.2, 0) is 4.74 Å². The molecule has 4 heteroatoms. The van der Waals surface area contributed by atoms with Gasteiger partial charge in [-0.3, -0.25) is 0 Å². The van der Waals surface area contributed by atoms with Crippen molar-refractivity contribution in [3.05, 3.63) is 23.8 Å². The molecule has 0 aliphatic carbocycles. The van der Waals surface area contributed by atoms with E-state index in [0.29, 0.717) is 12.4 Å². The molecule has 0 N–H and O–H groups in total. The fraction of sp³-hybridized carbons (Fsp3) is 0.400. The highest BCUT2D eigenvalue weighted by Crippen LogP contribution is 2.12. The van der Waals surface area contributed by atoms with E-state index in [1.165, 1.54) is 0 Å². The van der Waals surface area contributed by atoms with Crippen LogP contribution in [0.1, 0.15) is 18.4 Å². The van der Waals surface area contributed by atoms with Gasteiger partial charge in [0.15, 0.2) is 5.82 Å². The van der Waals surface area contributed by atoms with Gasteiger partial charge < -0.3 is 4.74 Å². The standard InChI is InChI=1S/C10H14N2OS/c1-4-13-6-5-9-11-8(2)7-10(12-9)14-3/h5-7H,4H2,1-3H3/b6-5+. The topological polar surface area (TPSA) is 35.0 Å². The predicted octanol–water partition coefficient (Wildman–Crippen LogP) is 2.51. The lowest BCUT2D eigenvalue weighted by atomic mass is 10.4. The van der Waals surface area contributed by atoms with Gasteiger partial charge in [-0.2, -0.15) is 0 Å². The third-order valence-electron chi connectivity index (χ3n) is 1.54. The van der Waals surface area contributed by atoms with Gasteiger partial charge in [-0.15, -0.1) is 11.8 Å². The Kier molecular flexibility index (Phi) is 4.46. The van der Waals surface area contributed by atoms with Crippen LogP contribution in [-0.4, -0.2) is 22.8 Å². The third-order valence-corrected chi connectivity index (χ3v) is 2.16. The first-order chi connectivity index (χ1) is 6.76. The summed E-state index contributed by atoms with van der Waals surface area (Å²) in [6, 6.07) is 1.96. The number of hydrogen-bond donors (Lipinski definition) is 0. The first-order valence-electron chi connectivity index (χ1n) is 4.44. The average molecular weight is 210 g/mol. The van der Waals surface area contributed by atoms with Crippen molar-refractivity contribution in [2.24, 2.45) is 0 Å². The van der Waals surface area contributed by atoms with Crippen molar-refractivity contribution in [3.8, 4) is 0 Å². The number of nitrogens with zero attached hydrogens (tertiary/aromatic N) is 2. The molecular weight excluding hydrogens is 196 g/mol. The molecule has 14 heavy (non-hydrogen) atoms. The molecule has 0 amide bonds. The van der Waals surface area contributed by atoms with E-state index in [0.717, 1.165) is 10.7 Å². The van der Waals surface area contributed by atoms with E-state index in [4.69, 9.17) is 4.74 Å². The highest BCUT2D eigenvalue weighted by Gasteiger charge is 1.97. The molecule has 0 radical (unpaired) electrons. The molecule has 0 aromatic carbocycles. The number of hydrogen-bond acceptors (Lipinski definition) is 4. The van der Waals surface area contributed by atoms with Crippen molar-refractivity contribution in [3.63, 3.8) is 0 Å². The highest BCUT2D eigenvalue weighted by atomic mass is 32.2. The van der Waals surface area contributed by atoms with E-state index < -0.39 is 0 Å². The quantitative estimate of drug-likeness (QED) is 0.434. The summed E-state index contributed by atoms with van der Waals surface area (Å²) in [7, 11) is 0. The Balaban J connectivity index is 2.81. The molecule has 76 valence electrons. The lowest BCUT2D eigenvalue weighted by Gasteiger charge is -1.99. The maximum absolute atomic E-state index is 5.08. The Morgan fingerprint density at radius 2 is 2.29 bits per heavy atom. The smallest absolute Gasteiger partial charge is 0.156 e. The summed E-state index contributed by atoms with van der Waals surface area (Å²) in [5.41, 5.74) is 0.973. The SMILES string of the molecule is CCO/C=C/c1nc(C)cc(SC)n1. The fourth-order valence-corrected chi connectivity index (χ4v) is 1.42. The molecule has 1 aromatic rings. The van der Waals surface area contributed by atoms with Gasteiger partial charge in [0.2, 0.25) is 0 Å². The molecule has 1 heterocycles. The largest absolute Gasteiger partial charge is 0.501 e. The van der Waals surface area contributed by atoms with Crippen LogP contribution in [0.5, 0.6) is 0 Å². The van der Waals surface area contributed by atoms with Crippen LogP contribution in [0.15, 0.2) is 17.4 Å². The first-order valence-corrected chi connectivity index (χ1v) is 5.66. The Labute approximate surface area is 88.6 Å². The van der Waals surface area contributed by atoms with Gasteiger partial charge in [0.05, 0.1) is 12.9 Å². The summed E-state index contributed by atoms with van der Waals surface area (Å²) in [6.07, 6.45) is 5.40. The zero-order valence-corrected chi connectivity index (χ0v) is 9.47. The molecule has 0 unspecified atom stereocenters.